The normalized spacial score (nSPS) is 31.8. The molecule has 108 valence electrons. The number of carboxylic acid groups (broad SMARTS) is 1. The van der Waals surface area contributed by atoms with Crippen LogP contribution in [0.1, 0.15) is 44.3 Å². The zero-order valence-electron chi connectivity index (χ0n) is 11.3. The van der Waals surface area contributed by atoms with Gasteiger partial charge in [-0.1, -0.05) is 18.2 Å². The highest BCUT2D eigenvalue weighted by atomic mass is 127. The van der Waals surface area contributed by atoms with E-state index in [1.54, 1.807) is 6.92 Å². The van der Waals surface area contributed by atoms with Crippen LogP contribution in [0.3, 0.4) is 0 Å². The van der Waals surface area contributed by atoms with E-state index in [4.69, 9.17) is 9.47 Å². The van der Waals surface area contributed by atoms with E-state index in [9.17, 15) is 9.90 Å². The number of carboxylic acids is 1. The van der Waals surface area contributed by atoms with Crippen LogP contribution in [0.25, 0.3) is 0 Å². The molecule has 1 saturated heterocycles. The first-order valence-electron chi connectivity index (χ1n) is 6.83. The molecule has 0 amide bonds. The summed E-state index contributed by atoms with van der Waals surface area (Å²) in [4.78, 5) is 11.8. The molecule has 1 aliphatic carbocycles. The highest BCUT2D eigenvalue weighted by Crippen LogP contribution is 2.52. The lowest BCUT2D eigenvalue weighted by Crippen LogP contribution is -2.41. The third kappa shape index (κ3) is 2.16. The molecule has 1 saturated carbocycles. The fraction of sp³-hybridized carbons (Fsp3) is 0.533. The maximum absolute atomic E-state index is 11.8. The van der Waals surface area contributed by atoms with Gasteiger partial charge in [0, 0.05) is 16.4 Å². The predicted octanol–water partition coefficient (Wildman–Crippen LogP) is 3.49. The van der Waals surface area contributed by atoms with E-state index >= 15 is 0 Å². The van der Waals surface area contributed by atoms with Gasteiger partial charge in [0.15, 0.2) is 11.4 Å². The van der Waals surface area contributed by atoms with Gasteiger partial charge >= 0.3 is 5.97 Å². The van der Waals surface area contributed by atoms with Crippen LogP contribution in [0.2, 0.25) is 0 Å². The maximum atomic E-state index is 11.8. The summed E-state index contributed by atoms with van der Waals surface area (Å²) < 4.78 is 13.1. The summed E-state index contributed by atoms with van der Waals surface area (Å²) in [7, 11) is 0. The summed E-state index contributed by atoms with van der Waals surface area (Å²) in [5.41, 5.74) is -0.437. The summed E-state index contributed by atoms with van der Waals surface area (Å²) >= 11 is 2.21. The molecule has 2 aliphatic rings. The topological polar surface area (TPSA) is 55.8 Å². The summed E-state index contributed by atoms with van der Waals surface area (Å²) in [5, 5.41) is 9.63. The molecular weight excluding hydrogens is 371 g/mol. The Hall–Kier alpha value is -0.660. The molecule has 0 aromatic heterocycles. The van der Waals surface area contributed by atoms with E-state index in [1.807, 2.05) is 24.3 Å². The third-order valence-corrected chi connectivity index (χ3v) is 5.19. The molecule has 1 aromatic carbocycles. The first-order valence-corrected chi connectivity index (χ1v) is 7.91. The molecule has 1 N–H and O–H groups in total. The Bertz CT molecular complexity index is 538. The van der Waals surface area contributed by atoms with Gasteiger partial charge in [-0.2, -0.15) is 0 Å². The van der Waals surface area contributed by atoms with Crippen molar-refractivity contribution in [2.75, 3.05) is 0 Å². The zero-order chi connectivity index (χ0) is 14.4. The number of benzene rings is 1. The third-order valence-electron chi connectivity index (χ3n) is 4.21. The average Bonchev–Trinajstić information content (AvgIpc) is 2.97. The Labute approximate surface area is 131 Å². The highest BCUT2D eigenvalue weighted by Gasteiger charge is 2.60. The lowest BCUT2D eigenvalue weighted by atomic mass is 9.93. The zero-order valence-corrected chi connectivity index (χ0v) is 13.4. The fourth-order valence-electron chi connectivity index (χ4n) is 3.13. The predicted molar refractivity (Wildman–Crippen MR) is 81.3 cm³/mol. The van der Waals surface area contributed by atoms with E-state index in [-0.39, 0.29) is 0 Å². The molecule has 0 radical (unpaired) electrons. The fourth-order valence-corrected chi connectivity index (χ4v) is 3.80. The van der Waals surface area contributed by atoms with Gasteiger partial charge in [-0.25, -0.2) is 4.79 Å². The molecule has 0 bridgehead atoms. The van der Waals surface area contributed by atoms with Gasteiger partial charge < -0.3 is 14.6 Å². The van der Waals surface area contributed by atoms with Crippen LogP contribution in [0.5, 0.6) is 0 Å². The van der Waals surface area contributed by atoms with Gasteiger partial charge in [0.2, 0.25) is 0 Å². The second-order valence-corrected chi connectivity index (χ2v) is 6.81. The van der Waals surface area contributed by atoms with Crippen molar-refractivity contribution >= 4 is 28.6 Å². The molecule has 20 heavy (non-hydrogen) atoms. The lowest BCUT2D eigenvalue weighted by Gasteiger charge is -2.25. The summed E-state index contributed by atoms with van der Waals surface area (Å²) in [6.07, 6.45) is 3.03. The molecule has 3 rings (SSSR count). The molecule has 4 nitrogen and oxygen atoms in total. The second-order valence-electron chi connectivity index (χ2n) is 5.65. The van der Waals surface area contributed by atoms with E-state index < -0.39 is 23.5 Å². The van der Waals surface area contributed by atoms with E-state index in [0.29, 0.717) is 0 Å². The van der Waals surface area contributed by atoms with Crippen molar-refractivity contribution in [3.05, 3.63) is 33.4 Å². The van der Waals surface area contributed by atoms with Crippen LogP contribution in [0, 0.1) is 3.57 Å². The molecule has 2 atom stereocenters. The Morgan fingerprint density at radius 2 is 2.00 bits per heavy atom. The number of carbonyl (C=O) groups is 1. The molecule has 1 heterocycles. The van der Waals surface area contributed by atoms with Gasteiger partial charge in [-0.3, -0.25) is 0 Å². The van der Waals surface area contributed by atoms with Crippen molar-refractivity contribution in [3.63, 3.8) is 0 Å². The van der Waals surface area contributed by atoms with E-state index in [1.165, 1.54) is 0 Å². The Morgan fingerprint density at radius 3 is 2.60 bits per heavy atom. The van der Waals surface area contributed by atoms with Gasteiger partial charge in [-0.15, -0.1) is 0 Å². The van der Waals surface area contributed by atoms with Crippen LogP contribution in [-0.4, -0.2) is 22.5 Å². The van der Waals surface area contributed by atoms with Crippen molar-refractivity contribution in [2.24, 2.45) is 0 Å². The molecule has 0 unspecified atom stereocenters. The van der Waals surface area contributed by atoms with E-state index in [2.05, 4.69) is 22.6 Å². The first kappa shape index (κ1) is 14.3. The smallest absolute Gasteiger partial charge is 0.338 e. The highest BCUT2D eigenvalue weighted by molar-refractivity contribution is 14.1. The Kier molecular flexibility index (Phi) is 3.54. The number of hydrogen-bond acceptors (Lipinski definition) is 3. The summed E-state index contributed by atoms with van der Waals surface area (Å²) in [6.45, 7) is 1.62. The largest absolute Gasteiger partial charge is 0.479 e. The molecule has 1 aromatic rings. The minimum Gasteiger partial charge on any atom is -0.479 e. The van der Waals surface area contributed by atoms with Crippen molar-refractivity contribution in [2.45, 2.75) is 50.1 Å². The molecule has 1 spiro atoms. The van der Waals surface area contributed by atoms with Crippen molar-refractivity contribution in [3.8, 4) is 0 Å². The molecule has 2 fully saturated rings. The van der Waals surface area contributed by atoms with Crippen LogP contribution in [0.15, 0.2) is 24.3 Å². The monoisotopic (exact) mass is 388 g/mol. The van der Waals surface area contributed by atoms with Crippen LogP contribution in [-0.2, 0) is 14.3 Å². The first-order chi connectivity index (χ1) is 9.47. The second kappa shape index (κ2) is 4.96. The van der Waals surface area contributed by atoms with E-state index in [0.717, 1.165) is 34.8 Å². The summed E-state index contributed by atoms with van der Waals surface area (Å²) in [6, 6.07) is 7.72. The number of halogens is 1. The van der Waals surface area contributed by atoms with Crippen molar-refractivity contribution in [1.29, 1.82) is 0 Å². The quantitative estimate of drug-likeness (QED) is 0.789. The van der Waals surface area contributed by atoms with Crippen molar-refractivity contribution < 1.29 is 19.4 Å². The molecule has 5 heteroatoms. The standard InChI is InChI=1S/C15H17IO4/c1-14(13(17)18)12(10-6-2-3-7-11(10)16)19-15(20-14)8-4-5-9-15/h2-3,6-7,12H,4-5,8-9H2,1H3,(H,17,18)/t12-,14+/m1/s1. The SMILES string of the molecule is C[C@]1(C(=O)O)OC2(CCCC2)O[C@@H]1c1ccccc1I. The minimum absolute atomic E-state index is 0.564. The number of aliphatic carboxylic acids is 1. The van der Waals surface area contributed by atoms with Crippen molar-refractivity contribution in [1.82, 2.24) is 0 Å². The lowest BCUT2D eigenvalue weighted by molar-refractivity contribution is -0.194. The molecular formula is C15H17IO4. The number of hydrogen-bond donors (Lipinski definition) is 1. The van der Waals surface area contributed by atoms with Crippen LogP contribution < -0.4 is 0 Å². The van der Waals surface area contributed by atoms with Crippen LogP contribution >= 0.6 is 22.6 Å². The van der Waals surface area contributed by atoms with Gasteiger partial charge in [0.05, 0.1) is 0 Å². The maximum Gasteiger partial charge on any atom is 0.338 e. The molecule has 1 aliphatic heterocycles. The number of ether oxygens (including phenoxy) is 2. The van der Waals surface area contributed by atoms with Gasteiger partial charge in [0.25, 0.3) is 0 Å². The van der Waals surface area contributed by atoms with Gasteiger partial charge in [0.1, 0.15) is 6.10 Å². The summed E-state index contributed by atoms with van der Waals surface area (Å²) in [5.74, 6) is -1.68. The Morgan fingerprint density at radius 1 is 1.35 bits per heavy atom. The Balaban J connectivity index is 2.03. The van der Waals surface area contributed by atoms with Crippen LogP contribution in [0.4, 0.5) is 0 Å². The number of rotatable bonds is 2. The average molecular weight is 388 g/mol. The van der Waals surface area contributed by atoms with Gasteiger partial charge in [-0.05, 0) is 54.0 Å². The minimum atomic E-state index is -1.33.